The summed E-state index contributed by atoms with van der Waals surface area (Å²) >= 11 is 5.90. The van der Waals surface area contributed by atoms with Gasteiger partial charge in [-0.05, 0) is 37.2 Å². The zero-order valence-electron chi connectivity index (χ0n) is 10.5. The maximum absolute atomic E-state index is 6.07. The maximum Gasteiger partial charge on any atom is 0.142 e. The molecule has 0 aliphatic heterocycles. The van der Waals surface area contributed by atoms with Crippen LogP contribution >= 0.6 is 11.6 Å². The summed E-state index contributed by atoms with van der Waals surface area (Å²) in [7, 11) is 0. The highest BCUT2D eigenvalue weighted by atomic mass is 35.5. The third kappa shape index (κ3) is 3.35. The average molecular weight is 254 g/mol. The van der Waals surface area contributed by atoms with E-state index in [0.29, 0.717) is 12.0 Å². The first-order valence-corrected chi connectivity index (χ1v) is 6.88. The van der Waals surface area contributed by atoms with Crippen molar-refractivity contribution in [1.82, 2.24) is 4.98 Å². The molecular formula is C14H20ClNO. The number of hydrogen-bond donors (Lipinski definition) is 0. The largest absolute Gasteiger partial charge is 0.488 e. The fraction of sp³-hybridized carbons (Fsp3) is 0.643. The fourth-order valence-electron chi connectivity index (χ4n) is 2.77. The fourth-order valence-corrected chi connectivity index (χ4v) is 3.00. The van der Waals surface area contributed by atoms with Gasteiger partial charge < -0.3 is 4.74 Å². The molecule has 17 heavy (non-hydrogen) atoms. The van der Waals surface area contributed by atoms with Gasteiger partial charge in [-0.2, -0.15) is 0 Å². The zero-order valence-corrected chi connectivity index (χ0v) is 11.3. The Morgan fingerprint density at radius 3 is 2.65 bits per heavy atom. The van der Waals surface area contributed by atoms with Crippen LogP contribution in [0.4, 0.5) is 0 Å². The van der Waals surface area contributed by atoms with E-state index in [1.165, 1.54) is 6.42 Å². The van der Waals surface area contributed by atoms with Gasteiger partial charge in [-0.1, -0.05) is 13.8 Å². The van der Waals surface area contributed by atoms with Crippen LogP contribution in [0.25, 0.3) is 0 Å². The number of aromatic nitrogens is 1. The highest BCUT2D eigenvalue weighted by Gasteiger charge is 2.25. The van der Waals surface area contributed by atoms with Crippen LogP contribution in [0, 0.1) is 11.8 Å². The Bertz CT molecular complexity index is 359. The lowest BCUT2D eigenvalue weighted by atomic mass is 9.82. The van der Waals surface area contributed by atoms with Crippen molar-refractivity contribution in [2.24, 2.45) is 11.8 Å². The minimum Gasteiger partial charge on any atom is -0.488 e. The molecule has 1 aliphatic carbocycles. The lowest BCUT2D eigenvalue weighted by Gasteiger charge is -2.32. The first-order chi connectivity index (χ1) is 8.19. The minimum atomic E-state index is 0.319. The third-order valence-electron chi connectivity index (χ3n) is 3.44. The lowest BCUT2D eigenvalue weighted by Crippen LogP contribution is -2.28. The molecule has 0 aromatic carbocycles. The maximum atomic E-state index is 6.07. The predicted molar refractivity (Wildman–Crippen MR) is 70.4 cm³/mol. The Kier molecular flexibility index (Phi) is 4.27. The van der Waals surface area contributed by atoms with Crippen LogP contribution < -0.4 is 4.74 Å². The molecule has 2 unspecified atom stereocenters. The molecule has 0 saturated heterocycles. The highest BCUT2D eigenvalue weighted by molar-refractivity contribution is 6.17. The first-order valence-electron chi connectivity index (χ1n) is 6.34. The van der Waals surface area contributed by atoms with E-state index in [4.69, 9.17) is 16.3 Å². The van der Waals surface area contributed by atoms with Gasteiger partial charge in [-0.3, -0.25) is 4.98 Å². The average Bonchev–Trinajstić information content (AvgIpc) is 2.28. The van der Waals surface area contributed by atoms with Crippen LogP contribution in [0.1, 0.15) is 38.7 Å². The normalized spacial score (nSPS) is 29.0. The molecule has 0 amide bonds. The topological polar surface area (TPSA) is 22.1 Å². The van der Waals surface area contributed by atoms with Gasteiger partial charge in [0.05, 0.1) is 18.2 Å². The molecule has 0 spiro atoms. The van der Waals surface area contributed by atoms with Gasteiger partial charge in [-0.25, -0.2) is 0 Å². The number of alkyl halides is 1. The molecule has 1 fully saturated rings. The van der Waals surface area contributed by atoms with Crippen molar-refractivity contribution in [3.8, 4) is 5.75 Å². The second-order valence-corrected chi connectivity index (χ2v) is 5.54. The van der Waals surface area contributed by atoms with Crippen LogP contribution in [-0.2, 0) is 5.88 Å². The van der Waals surface area contributed by atoms with Crippen LogP contribution in [0.2, 0.25) is 0 Å². The Labute approximate surface area is 108 Å². The van der Waals surface area contributed by atoms with Crippen LogP contribution in [0.3, 0.4) is 0 Å². The van der Waals surface area contributed by atoms with Crippen molar-refractivity contribution in [2.75, 3.05) is 0 Å². The van der Waals surface area contributed by atoms with Crippen LogP contribution in [0.5, 0.6) is 5.75 Å². The van der Waals surface area contributed by atoms with E-state index in [2.05, 4.69) is 18.8 Å². The zero-order chi connectivity index (χ0) is 12.3. The summed E-state index contributed by atoms with van der Waals surface area (Å²) in [6.07, 6.45) is 7.45. The first kappa shape index (κ1) is 12.7. The summed E-state index contributed by atoms with van der Waals surface area (Å²) in [5.74, 6) is 2.84. The van der Waals surface area contributed by atoms with Crippen molar-refractivity contribution in [1.29, 1.82) is 0 Å². The number of hydrogen-bond acceptors (Lipinski definition) is 2. The number of nitrogens with zero attached hydrogens (tertiary/aromatic N) is 1. The molecule has 2 rings (SSSR count). The van der Waals surface area contributed by atoms with Crippen molar-refractivity contribution in [3.63, 3.8) is 0 Å². The van der Waals surface area contributed by atoms with Gasteiger partial charge in [0.1, 0.15) is 5.75 Å². The quantitative estimate of drug-likeness (QED) is 0.759. The van der Waals surface area contributed by atoms with Crippen molar-refractivity contribution < 1.29 is 4.74 Å². The van der Waals surface area contributed by atoms with Crippen molar-refractivity contribution in [2.45, 2.75) is 45.1 Å². The van der Waals surface area contributed by atoms with Gasteiger partial charge in [0.15, 0.2) is 0 Å². The summed E-state index contributed by atoms with van der Waals surface area (Å²) < 4.78 is 6.07. The predicted octanol–water partition coefficient (Wildman–Crippen LogP) is 4.02. The van der Waals surface area contributed by atoms with E-state index in [1.807, 2.05) is 6.07 Å². The monoisotopic (exact) mass is 253 g/mol. The molecule has 1 heterocycles. The summed E-state index contributed by atoms with van der Waals surface area (Å²) in [4.78, 5) is 4.11. The second kappa shape index (κ2) is 5.72. The Morgan fingerprint density at radius 1 is 1.29 bits per heavy atom. The molecule has 2 nitrogen and oxygen atoms in total. The molecule has 0 bridgehead atoms. The Hall–Kier alpha value is -0.760. The molecule has 2 atom stereocenters. The molecule has 1 aromatic heterocycles. The van der Waals surface area contributed by atoms with Gasteiger partial charge in [0, 0.05) is 11.8 Å². The minimum absolute atomic E-state index is 0.319. The number of rotatable bonds is 3. The standard InChI is InChI=1S/C14H20ClNO/c1-10-5-11(2)7-13(6-10)17-14-9-16-4-3-12(14)8-15/h3-4,9-11,13H,5-8H2,1-2H3. The van der Waals surface area contributed by atoms with E-state index >= 15 is 0 Å². The smallest absolute Gasteiger partial charge is 0.142 e. The van der Waals surface area contributed by atoms with E-state index in [-0.39, 0.29) is 0 Å². The molecule has 94 valence electrons. The molecular weight excluding hydrogens is 234 g/mol. The molecule has 3 heteroatoms. The number of halogens is 1. The summed E-state index contributed by atoms with van der Waals surface area (Å²) in [6.45, 7) is 4.61. The Morgan fingerprint density at radius 2 is 2.00 bits per heavy atom. The van der Waals surface area contributed by atoms with Gasteiger partial charge in [0.2, 0.25) is 0 Å². The lowest BCUT2D eigenvalue weighted by molar-refractivity contribution is 0.0999. The van der Waals surface area contributed by atoms with E-state index in [1.54, 1.807) is 12.4 Å². The van der Waals surface area contributed by atoms with Crippen molar-refractivity contribution in [3.05, 3.63) is 24.0 Å². The summed E-state index contributed by atoms with van der Waals surface area (Å²) in [6, 6.07) is 1.93. The van der Waals surface area contributed by atoms with Gasteiger partial charge in [0.25, 0.3) is 0 Å². The molecule has 0 N–H and O–H groups in total. The third-order valence-corrected chi connectivity index (χ3v) is 3.73. The molecule has 1 aliphatic rings. The van der Waals surface area contributed by atoms with Crippen LogP contribution in [-0.4, -0.2) is 11.1 Å². The van der Waals surface area contributed by atoms with Gasteiger partial charge >= 0.3 is 0 Å². The van der Waals surface area contributed by atoms with Crippen LogP contribution in [0.15, 0.2) is 18.5 Å². The highest BCUT2D eigenvalue weighted by Crippen LogP contribution is 2.32. The van der Waals surface area contributed by atoms with Gasteiger partial charge in [-0.15, -0.1) is 11.6 Å². The Balaban J connectivity index is 2.04. The van der Waals surface area contributed by atoms with E-state index in [9.17, 15) is 0 Å². The van der Waals surface area contributed by atoms with E-state index < -0.39 is 0 Å². The summed E-state index contributed by atoms with van der Waals surface area (Å²) in [5.41, 5.74) is 1.03. The number of pyridine rings is 1. The van der Waals surface area contributed by atoms with E-state index in [0.717, 1.165) is 36.0 Å². The molecule has 1 aromatic rings. The molecule has 1 saturated carbocycles. The summed E-state index contributed by atoms with van der Waals surface area (Å²) in [5, 5.41) is 0. The SMILES string of the molecule is CC1CC(C)CC(Oc2cnccc2CCl)C1. The second-order valence-electron chi connectivity index (χ2n) is 5.27. The number of ether oxygens (including phenoxy) is 1. The molecule has 0 radical (unpaired) electrons. The van der Waals surface area contributed by atoms with Crippen molar-refractivity contribution >= 4 is 11.6 Å².